The molecule has 0 spiro atoms. The highest BCUT2D eigenvalue weighted by molar-refractivity contribution is 5.28. The predicted molar refractivity (Wildman–Crippen MR) is 253 cm³/mol. The third-order valence-corrected chi connectivity index (χ3v) is 12.8. The molecule has 0 saturated heterocycles. The first-order valence-corrected chi connectivity index (χ1v) is 26.4. The molecule has 0 fully saturated rings. The van der Waals surface area contributed by atoms with Crippen LogP contribution in [0, 0.1) is 6.42 Å². The van der Waals surface area contributed by atoms with Crippen LogP contribution in [-0.4, -0.2) is 9.97 Å². The first kappa shape index (κ1) is 53.1. The normalized spacial score (nSPS) is 11.6. The molecule has 0 bridgehead atoms. The summed E-state index contributed by atoms with van der Waals surface area (Å²) in [5, 5.41) is 0. The van der Waals surface area contributed by atoms with Crippen molar-refractivity contribution in [1.82, 2.24) is 9.97 Å². The monoisotopic (exact) mass is 780 g/mol. The first-order valence-electron chi connectivity index (χ1n) is 26.4. The molecule has 2 heteroatoms. The molecule has 0 aliphatic rings. The standard InChI is InChI=1S/C54H103N2/c1-5-9-12-15-18-21-24-27-30-33-36-39-42-45-48-51-52(49-46-43-40-37-34-31-28-25-22-19-16-13-10-6-2)55-54(8-4)56-53(51)50-47-44-41-38-35-32-29-26-23-20-17-14-11-7-3/h8H,5-7,9-50H2,1-4H3. The molecule has 0 aliphatic carbocycles. The van der Waals surface area contributed by atoms with Gasteiger partial charge < -0.3 is 0 Å². The van der Waals surface area contributed by atoms with Gasteiger partial charge in [0.05, 0.1) is 0 Å². The third kappa shape index (κ3) is 34.0. The lowest BCUT2D eigenvalue weighted by atomic mass is 9.96. The Balaban J connectivity index is 2.46. The van der Waals surface area contributed by atoms with E-state index in [1.54, 1.807) is 5.56 Å². The fraction of sp³-hybridized carbons (Fsp3) is 0.907. The van der Waals surface area contributed by atoms with Crippen LogP contribution >= 0.6 is 0 Å². The molecule has 0 aromatic carbocycles. The maximum Gasteiger partial charge on any atom is 0.132 e. The molecule has 56 heavy (non-hydrogen) atoms. The van der Waals surface area contributed by atoms with Gasteiger partial charge in [-0.2, -0.15) is 0 Å². The highest BCUT2D eigenvalue weighted by Gasteiger charge is 2.14. The maximum atomic E-state index is 5.19. The van der Waals surface area contributed by atoms with Crippen molar-refractivity contribution in [1.29, 1.82) is 0 Å². The number of unbranched alkanes of at least 4 members (excludes halogenated alkanes) is 39. The van der Waals surface area contributed by atoms with Crippen molar-refractivity contribution in [2.75, 3.05) is 0 Å². The minimum Gasteiger partial charge on any atom is -0.237 e. The Kier molecular flexibility index (Phi) is 41.4. The molecule has 0 N–H and O–H groups in total. The van der Waals surface area contributed by atoms with Crippen molar-refractivity contribution in [3.05, 3.63) is 29.2 Å². The highest BCUT2D eigenvalue weighted by atomic mass is 14.9. The zero-order valence-corrected chi connectivity index (χ0v) is 39.3. The zero-order chi connectivity index (χ0) is 40.3. The molecular formula is C54H103N2. The second-order valence-electron chi connectivity index (χ2n) is 18.3. The van der Waals surface area contributed by atoms with Gasteiger partial charge in [0.1, 0.15) is 5.82 Å². The maximum absolute atomic E-state index is 5.19. The van der Waals surface area contributed by atoms with Crippen LogP contribution < -0.4 is 0 Å². The van der Waals surface area contributed by atoms with Gasteiger partial charge in [0.25, 0.3) is 0 Å². The minimum atomic E-state index is 0.982. The summed E-state index contributed by atoms with van der Waals surface area (Å²) in [5.74, 6) is 0.982. The van der Waals surface area contributed by atoms with Gasteiger partial charge in [0.2, 0.25) is 0 Å². The Labute approximate surface area is 354 Å². The quantitative estimate of drug-likeness (QED) is 0.0616. The lowest BCUT2D eigenvalue weighted by molar-refractivity contribution is 0.531. The molecule has 0 aliphatic heterocycles. The lowest BCUT2D eigenvalue weighted by Gasteiger charge is -2.16. The summed E-state index contributed by atoms with van der Waals surface area (Å²) in [6.45, 7) is 9.08. The molecule has 0 saturated carbocycles. The van der Waals surface area contributed by atoms with E-state index in [1.165, 1.54) is 287 Å². The van der Waals surface area contributed by atoms with Gasteiger partial charge in [-0.25, -0.2) is 9.97 Å². The van der Waals surface area contributed by atoms with Crippen LogP contribution in [0.25, 0.3) is 0 Å². The van der Waals surface area contributed by atoms with Crippen LogP contribution in [0.2, 0.25) is 0 Å². The van der Waals surface area contributed by atoms with Gasteiger partial charge in [-0.1, -0.05) is 278 Å². The second kappa shape index (κ2) is 43.7. The van der Waals surface area contributed by atoms with Crippen molar-refractivity contribution in [2.45, 2.75) is 317 Å². The number of hydrogen-bond acceptors (Lipinski definition) is 2. The van der Waals surface area contributed by atoms with E-state index < -0.39 is 0 Å². The van der Waals surface area contributed by atoms with Gasteiger partial charge in [-0.3, -0.25) is 0 Å². The van der Waals surface area contributed by atoms with Crippen LogP contribution in [0.4, 0.5) is 0 Å². The van der Waals surface area contributed by atoms with Crippen molar-refractivity contribution < 1.29 is 0 Å². The Hall–Kier alpha value is -0.920. The van der Waals surface area contributed by atoms with Crippen LogP contribution in [0.5, 0.6) is 0 Å². The summed E-state index contributed by atoms with van der Waals surface area (Å²) < 4.78 is 0. The smallest absolute Gasteiger partial charge is 0.132 e. The third-order valence-electron chi connectivity index (χ3n) is 12.8. The van der Waals surface area contributed by atoms with Crippen molar-refractivity contribution in [2.24, 2.45) is 0 Å². The molecule has 1 rings (SSSR count). The molecule has 0 atom stereocenters. The first-order chi connectivity index (χ1) is 27.8. The van der Waals surface area contributed by atoms with Crippen molar-refractivity contribution in [3.8, 4) is 0 Å². The minimum absolute atomic E-state index is 0.982. The Morgan fingerprint density at radius 2 is 0.464 bits per heavy atom. The highest BCUT2D eigenvalue weighted by Crippen LogP contribution is 2.23. The number of nitrogens with zero attached hydrogens (tertiary/aromatic N) is 2. The molecular weight excluding hydrogens is 677 g/mol. The van der Waals surface area contributed by atoms with Crippen LogP contribution in [-0.2, 0) is 19.3 Å². The summed E-state index contributed by atoms with van der Waals surface area (Å²) in [5.41, 5.74) is 4.36. The summed E-state index contributed by atoms with van der Waals surface area (Å²) in [4.78, 5) is 10.4. The Morgan fingerprint density at radius 1 is 0.268 bits per heavy atom. The van der Waals surface area contributed by atoms with E-state index in [0.717, 1.165) is 18.7 Å². The lowest BCUT2D eigenvalue weighted by Crippen LogP contribution is -2.10. The molecule has 0 unspecified atom stereocenters. The molecule has 329 valence electrons. The molecule has 1 aromatic heterocycles. The average molecular weight is 780 g/mol. The average Bonchev–Trinajstić information content (AvgIpc) is 3.21. The zero-order valence-electron chi connectivity index (χ0n) is 39.3. The van der Waals surface area contributed by atoms with Gasteiger partial charge in [-0.05, 0) is 44.1 Å². The van der Waals surface area contributed by atoms with E-state index in [0.29, 0.717) is 0 Å². The number of aryl methyl sites for hydroxylation is 2. The topological polar surface area (TPSA) is 25.8 Å². The molecule has 1 aromatic rings. The summed E-state index contributed by atoms with van der Waals surface area (Å²) in [7, 11) is 0. The van der Waals surface area contributed by atoms with Crippen molar-refractivity contribution in [3.63, 3.8) is 0 Å². The van der Waals surface area contributed by atoms with E-state index in [1.807, 2.05) is 0 Å². The molecule has 1 heterocycles. The molecule has 1 radical (unpaired) electrons. The van der Waals surface area contributed by atoms with Gasteiger partial charge >= 0.3 is 0 Å². The summed E-state index contributed by atoms with van der Waals surface area (Å²) in [6, 6.07) is 0. The predicted octanol–water partition coefficient (Wildman–Crippen LogP) is 19.1. The SMILES string of the molecule is C[CH]c1nc(CCCCCCCCCCCCCCCC)c(CCCCCCCCCCCCCCCC)c(CCCCCCCCCCCCCCCC)n1. The van der Waals surface area contributed by atoms with E-state index >= 15 is 0 Å². The summed E-state index contributed by atoms with van der Waals surface area (Å²) in [6.07, 6.45) is 65.4. The molecule has 0 amide bonds. The van der Waals surface area contributed by atoms with E-state index in [4.69, 9.17) is 9.97 Å². The van der Waals surface area contributed by atoms with E-state index in [2.05, 4.69) is 34.1 Å². The van der Waals surface area contributed by atoms with Gasteiger partial charge in [-0.15, -0.1) is 0 Å². The Bertz CT molecular complexity index is 855. The fourth-order valence-electron chi connectivity index (χ4n) is 8.90. The number of aromatic nitrogens is 2. The van der Waals surface area contributed by atoms with Crippen LogP contribution in [0.1, 0.15) is 320 Å². The van der Waals surface area contributed by atoms with Crippen LogP contribution in [0.3, 0.4) is 0 Å². The van der Waals surface area contributed by atoms with Crippen LogP contribution in [0.15, 0.2) is 0 Å². The van der Waals surface area contributed by atoms with Crippen molar-refractivity contribution >= 4 is 0 Å². The fourth-order valence-corrected chi connectivity index (χ4v) is 8.90. The second-order valence-corrected chi connectivity index (χ2v) is 18.3. The number of rotatable bonds is 46. The Morgan fingerprint density at radius 3 is 0.679 bits per heavy atom. The largest absolute Gasteiger partial charge is 0.237 e. The number of hydrogen-bond donors (Lipinski definition) is 0. The van der Waals surface area contributed by atoms with E-state index in [9.17, 15) is 0 Å². The molecule has 2 nitrogen and oxygen atoms in total. The van der Waals surface area contributed by atoms with Gasteiger partial charge in [0.15, 0.2) is 0 Å². The van der Waals surface area contributed by atoms with Gasteiger partial charge in [0, 0.05) is 17.8 Å². The van der Waals surface area contributed by atoms with E-state index in [-0.39, 0.29) is 0 Å². The summed E-state index contributed by atoms with van der Waals surface area (Å²) >= 11 is 0.